The van der Waals surface area contributed by atoms with E-state index in [1.807, 2.05) is 6.92 Å². The van der Waals surface area contributed by atoms with Gasteiger partial charge in [-0.05, 0) is 6.92 Å². The van der Waals surface area contributed by atoms with Crippen molar-refractivity contribution in [2.45, 2.75) is 6.92 Å². The van der Waals surface area contributed by atoms with Crippen molar-refractivity contribution in [3.63, 3.8) is 0 Å². The zero-order valence-electron chi connectivity index (χ0n) is 6.00. The topological polar surface area (TPSA) is 46.5 Å². The van der Waals surface area contributed by atoms with Crippen molar-refractivity contribution in [1.29, 1.82) is 0 Å². The third-order valence-electron chi connectivity index (χ3n) is 0.802. The molecule has 0 saturated heterocycles. The first-order chi connectivity index (χ1) is 4.77. The van der Waals surface area contributed by atoms with Crippen LogP contribution in [-0.4, -0.2) is 35.8 Å². The number of hydrogen-bond donors (Lipinski definition) is 1. The van der Waals surface area contributed by atoms with E-state index >= 15 is 0 Å². The van der Waals surface area contributed by atoms with Crippen molar-refractivity contribution in [1.82, 2.24) is 0 Å². The van der Waals surface area contributed by atoms with E-state index in [4.69, 9.17) is 9.84 Å². The van der Waals surface area contributed by atoms with E-state index in [1.54, 1.807) is 0 Å². The molecular formula is C6H12O3S. The largest absolute Gasteiger partial charge is 0.481 e. The average Bonchev–Trinajstić information content (AvgIpc) is 1.87. The van der Waals surface area contributed by atoms with E-state index in [0.717, 1.165) is 5.75 Å². The van der Waals surface area contributed by atoms with Crippen LogP contribution >= 0.6 is 11.8 Å². The minimum atomic E-state index is -0.763. The van der Waals surface area contributed by atoms with Gasteiger partial charge < -0.3 is 9.84 Å². The molecule has 0 aliphatic carbocycles. The molecule has 0 aromatic heterocycles. The van der Waals surface area contributed by atoms with Gasteiger partial charge >= 0.3 is 5.97 Å². The Morgan fingerprint density at radius 2 is 2.40 bits per heavy atom. The predicted molar refractivity (Wildman–Crippen MR) is 41.5 cm³/mol. The van der Waals surface area contributed by atoms with E-state index in [1.165, 1.54) is 11.8 Å². The Morgan fingerprint density at radius 1 is 1.70 bits per heavy atom. The Morgan fingerprint density at radius 3 is 2.90 bits per heavy atom. The Labute approximate surface area is 64.8 Å². The molecule has 0 atom stereocenters. The maximum absolute atomic E-state index is 9.97. The van der Waals surface area contributed by atoms with E-state index in [0.29, 0.717) is 13.2 Å². The SMILES string of the molecule is CCOCCSCC(=O)O. The average molecular weight is 164 g/mol. The lowest BCUT2D eigenvalue weighted by molar-refractivity contribution is -0.133. The fraction of sp³-hybridized carbons (Fsp3) is 0.833. The van der Waals surface area contributed by atoms with Gasteiger partial charge in [0.1, 0.15) is 0 Å². The van der Waals surface area contributed by atoms with Crippen LogP contribution < -0.4 is 0 Å². The van der Waals surface area contributed by atoms with Crippen LogP contribution in [0.5, 0.6) is 0 Å². The van der Waals surface area contributed by atoms with Crippen molar-refractivity contribution < 1.29 is 14.6 Å². The maximum Gasteiger partial charge on any atom is 0.313 e. The first kappa shape index (κ1) is 9.78. The molecule has 0 rings (SSSR count). The Balaban J connectivity index is 2.84. The lowest BCUT2D eigenvalue weighted by atomic mass is 10.8. The summed E-state index contributed by atoms with van der Waals surface area (Å²) in [6.07, 6.45) is 0. The van der Waals surface area contributed by atoms with Crippen LogP contribution in [0.15, 0.2) is 0 Å². The molecular weight excluding hydrogens is 152 g/mol. The zero-order chi connectivity index (χ0) is 7.82. The van der Waals surface area contributed by atoms with E-state index in [2.05, 4.69) is 0 Å². The Kier molecular flexibility index (Phi) is 6.74. The number of thioether (sulfide) groups is 1. The molecule has 0 aliphatic rings. The summed E-state index contributed by atoms with van der Waals surface area (Å²) >= 11 is 1.38. The van der Waals surface area contributed by atoms with Gasteiger partial charge in [-0.15, -0.1) is 11.8 Å². The van der Waals surface area contributed by atoms with Crippen molar-refractivity contribution in [2.75, 3.05) is 24.7 Å². The zero-order valence-corrected chi connectivity index (χ0v) is 6.82. The van der Waals surface area contributed by atoms with Crippen LogP contribution in [0.25, 0.3) is 0 Å². The molecule has 0 fully saturated rings. The van der Waals surface area contributed by atoms with E-state index < -0.39 is 5.97 Å². The molecule has 1 N–H and O–H groups in total. The van der Waals surface area contributed by atoms with Gasteiger partial charge in [-0.2, -0.15) is 0 Å². The summed E-state index contributed by atoms with van der Waals surface area (Å²) in [4.78, 5) is 9.97. The van der Waals surface area contributed by atoms with Crippen molar-refractivity contribution >= 4 is 17.7 Å². The lowest BCUT2D eigenvalue weighted by Crippen LogP contribution is -2.02. The lowest BCUT2D eigenvalue weighted by Gasteiger charge is -1.97. The molecule has 0 spiro atoms. The summed E-state index contributed by atoms with van der Waals surface area (Å²) in [6.45, 7) is 3.27. The molecule has 0 unspecified atom stereocenters. The van der Waals surface area contributed by atoms with Crippen molar-refractivity contribution in [2.24, 2.45) is 0 Å². The maximum atomic E-state index is 9.97. The number of carboxylic acids is 1. The first-order valence-electron chi connectivity index (χ1n) is 3.14. The highest BCUT2D eigenvalue weighted by atomic mass is 32.2. The monoisotopic (exact) mass is 164 g/mol. The van der Waals surface area contributed by atoms with Gasteiger partial charge in [-0.25, -0.2) is 0 Å². The van der Waals surface area contributed by atoms with Gasteiger partial charge in [0.2, 0.25) is 0 Å². The van der Waals surface area contributed by atoms with Crippen LogP contribution in [0.2, 0.25) is 0 Å². The molecule has 0 saturated carbocycles. The van der Waals surface area contributed by atoms with Crippen molar-refractivity contribution in [3.8, 4) is 0 Å². The molecule has 4 heteroatoms. The summed E-state index contributed by atoms with van der Waals surface area (Å²) < 4.78 is 5.00. The summed E-state index contributed by atoms with van der Waals surface area (Å²) in [5.74, 6) is 0.175. The smallest absolute Gasteiger partial charge is 0.313 e. The van der Waals surface area contributed by atoms with Crippen LogP contribution in [0, 0.1) is 0 Å². The molecule has 0 radical (unpaired) electrons. The Bertz CT molecular complexity index is 95.0. The van der Waals surface area contributed by atoms with Gasteiger partial charge in [0, 0.05) is 12.4 Å². The number of hydrogen-bond acceptors (Lipinski definition) is 3. The molecule has 0 aromatic rings. The number of carbonyl (C=O) groups is 1. The number of carboxylic acid groups (broad SMARTS) is 1. The molecule has 10 heavy (non-hydrogen) atoms. The summed E-state index contributed by atoms with van der Waals surface area (Å²) in [5.41, 5.74) is 0. The summed E-state index contributed by atoms with van der Waals surface area (Å²) in [7, 11) is 0. The predicted octanol–water partition coefficient (Wildman–Crippen LogP) is 0.841. The van der Waals surface area contributed by atoms with Crippen LogP contribution in [0.4, 0.5) is 0 Å². The second-order valence-electron chi connectivity index (χ2n) is 1.64. The third-order valence-corrected chi connectivity index (χ3v) is 1.71. The number of aliphatic carboxylic acids is 1. The normalized spacial score (nSPS) is 9.70. The van der Waals surface area contributed by atoms with Crippen molar-refractivity contribution in [3.05, 3.63) is 0 Å². The highest BCUT2D eigenvalue weighted by Gasteiger charge is 1.94. The Hall–Kier alpha value is -0.220. The molecule has 0 amide bonds. The molecule has 0 aromatic carbocycles. The van der Waals surface area contributed by atoms with Gasteiger partial charge in [0.05, 0.1) is 12.4 Å². The second-order valence-corrected chi connectivity index (χ2v) is 2.75. The van der Waals surface area contributed by atoms with E-state index in [9.17, 15) is 4.79 Å². The first-order valence-corrected chi connectivity index (χ1v) is 4.30. The highest BCUT2D eigenvalue weighted by Crippen LogP contribution is 1.97. The standard InChI is InChI=1S/C6H12O3S/c1-2-9-3-4-10-5-6(7)8/h2-5H2,1H3,(H,7,8). The minimum Gasteiger partial charge on any atom is -0.481 e. The summed E-state index contributed by atoms with van der Waals surface area (Å²) in [5, 5.41) is 8.21. The minimum absolute atomic E-state index is 0.174. The van der Waals surface area contributed by atoms with Gasteiger partial charge in [0.15, 0.2) is 0 Å². The van der Waals surface area contributed by atoms with Crippen LogP contribution in [-0.2, 0) is 9.53 Å². The quantitative estimate of drug-likeness (QED) is 0.591. The summed E-state index contributed by atoms with van der Waals surface area (Å²) in [6, 6.07) is 0. The second kappa shape index (κ2) is 6.89. The van der Waals surface area contributed by atoms with Gasteiger partial charge in [-0.1, -0.05) is 0 Å². The molecule has 0 bridgehead atoms. The third kappa shape index (κ3) is 7.78. The molecule has 0 aliphatic heterocycles. The number of ether oxygens (including phenoxy) is 1. The molecule has 3 nitrogen and oxygen atoms in total. The highest BCUT2D eigenvalue weighted by molar-refractivity contribution is 7.99. The van der Waals surface area contributed by atoms with Crippen LogP contribution in [0.1, 0.15) is 6.92 Å². The van der Waals surface area contributed by atoms with Gasteiger partial charge in [-0.3, -0.25) is 4.79 Å². The van der Waals surface area contributed by atoms with E-state index in [-0.39, 0.29) is 5.75 Å². The fourth-order valence-corrected chi connectivity index (χ4v) is 0.976. The molecule has 0 heterocycles. The number of rotatable bonds is 6. The van der Waals surface area contributed by atoms with Gasteiger partial charge in [0.25, 0.3) is 0 Å². The molecule has 60 valence electrons. The fourth-order valence-electron chi connectivity index (χ4n) is 0.422. The van der Waals surface area contributed by atoms with Crippen LogP contribution in [0.3, 0.4) is 0 Å².